The quantitative estimate of drug-likeness (QED) is 0.704. The lowest BCUT2D eigenvalue weighted by Gasteiger charge is -2.15. The van der Waals surface area contributed by atoms with Crippen molar-refractivity contribution in [2.45, 2.75) is 25.9 Å². The molecule has 0 aliphatic carbocycles. The van der Waals surface area contributed by atoms with Gasteiger partial charge in [-0.15, -0.1) is 0 Å². The number of carbonyl (C=O) groups excluding carboxylic acids is 1. The average Bonchev–Trinajstić information content (AvgIpc) is 3.21. The second kappa shape index (κ2) is 9.83. The first-order valence-corrected chi connectivity index (χ1v) is 9.34. The van der Waals surface area contributed by atoms with Gasteiger partial charge in [-0.3, -0.25) is 4.79 Å². The molecule has 1 aliphatic heterocycles. The summed E-state index contributed by atoms with van der Waals surface area (Å²) in [5, 5.41) is 6.00. The highest BCUT2D eigenvalue weighted by Crippen LogP contribution is 2.25. The Morgan fingerprint density at radius 2 is 1.96 bits per heavy atom. The highest BCUT2D eigenvalue weighted by molar-refractivity contribution is 5.94. The second-order valence-electron chi connectivity index (χ2n) is 6.30. The van der Waals surface area contributed by atoms with Crippen LogP contribution in [0, 0.1) is 0 Å². The zero-order valence-corrected chi connectivity index (χ0v) is 15.6. The fourth-order valence-corrected chi connectivity index (χ4v) is 2.88. The summed E-state index contributed by atoms with van der Waals surface area (Å²) in [4.78, 5) is 12.2. The minimum absolute atomic E-state index is 0.131. The maximum Gasteiger partial charge on any atom is 0.243 e. The van der Waals surface area contributed by atoms with E-state index in [9.17, 15) is 4.79 Å². The molecule has 1 fully saturated rings. The Bertz CT molecular complexity index is 727. The molecule has 6 nitrogen and oxygen atoms in total. The zero-order valence-electron chi connectivity index (χ0n) is 15.6. The van der Waals surface area contributed by atoms with Crippen molar-refractivity contribution in [3.05, 3.63) is 48.5 Å². The standard InChI is InChI=1S/C21H26N2O4/c1-2-25-17-11-9-16(10-12-17)23-21(24)14-22-19-7-3-4-8-20(19)27-15-18-6-5-13-26-18/h3-4,7-12,18,22H,2,5-6,13-15H2,1H3,(H,23,24). The molecule has 0 aromatic heterocycles. The third-order valence-electron chi connectivity index (χ3n) is 4.22. The van der Waals surface area contributed by atoms with Crippen LogP contribution in [-0.4, -0.2) is 38.4 Å². The van der Waals surface area contributed by atoms with Gasteiger partial charge in [0.1, 0.15) is 18.1 Å². The molecule has 1 heterocycles. The molecule has 2 aromatic rings. The number of benzene rings is 2. The SMILES string of the molecule is CCOc1ccc(NC(=O)CNc2ccccc2OCC2CCCO2)cc1. The molecule has 1 atom stereocenters. The minimum atomic E-state index is -0.131. The van der Waals surface area contributed by atoms with Crippen LogP contribution in [-0.2, 0) is 9.53 Å². The predicted octanol–water partition coefficient (Wildman–Crippen LogP) is 3.69. The number of rotatable bonds is 9. The van der Waals surface area contributed by atoms with Gasteiger partial charge in [-0.1, -0.05) is 12.1 Å². The molecule has 144 valence electrons. The van der Waals surface area contributed by atoms with Gasteiger partial charge in [0, 0.05) is 12.3 Å². The number of hydrogen-bond acceptors (Lipinski definition) is 5. The number of anilines is 2. The number of amides is 1. The van der Waals surface area contributed by atoms with Crippen molar-refractivity contribution in [1.82, 2.24) is 0 Å². The molecule has 0 saturated carbocycles. The van der Waals surface area contributed by atoms with E-state index in [-0.39, 0.29) is 18.6 Å². The maximum absolute atomic E-state index is 12.2. The Labute approximate surface area is 159 Å². The van der Waals surface area contributed by atoms with Crippen LogP contribution in [0.2, 0.25) is 0 Å². The van der Waals surface area contributed by atoms with E-state index >= 15 is 0 Å². The smallest absolute Gasteiger partial charge is 0.243 e. The predicted molar refractivity (Wildman–Crippen MR) is 106 cm³/mol. The Morgan fingerprint density at radius 1 is 1.15 bits per heavy atom. The first kappa shape index (κ1) is 19.0. The van der Waals surface area contributed by atoms with Crippen LogP contribution in [0.15, 0.2) is 48.5 Å². The number of ether oxygens (including phenoxy) is 3. The van der Waals surface area contributed by atoms with Crippen molar-refractivity contribution in [3.8, 4) is 11.5 Å². The molecule has 1 amide bonds. The lowest BCUT2D eigenvalue weighted by molar-refractivity contribution is -0.114. The molecule has 0 radical (unpaired) electrons. The Hall–Kier alpha value is -2.73. The molecule has 0 bridgehead atoms. The molecule has 1 aliphatic rings. The van der Waals surface area contributed by atoms with Crippen molar-refractivity contribution < 1.29 is 19.0 Å². The fraction of sp³-hybridized carbons (Fsp3) is 0.381. The Kier molecular flexibility index (Phi) is 6.93. The molecule has 6 heteroatoms. The van der Waals surface area contributed by atoms with E-state index in [1.54, 1.807) is 0 Å². The zero-order chi connectivity index (χ0) is 18.9. The summed E-state index contributed by atoms with van der Waals surface area (Å²) in [6, 6.07) is 14.9. The number of nitrogens with one attached hydrogen (secondary N) is 2. The highest BCUT2D eigenvalue weighted by atomic mass is 16.5. The lowest BCUT2D eigenvalue weighted by Crippen LogP contribution is -2.22. The van der Waals surface area contributed by atoms with E-state index < -0.39 is 0 Å². The van der Waals surface area contributed by atoms with Crippen LogP contribution in [0.4, 0.5) is 11.4 Å². The number of para-hydroxylation sites is 2. The van der Waals surface area contributed by atoms with Gasteiger partial charge in [0.05, 0.1) is 24.9 Å². The first-order chi connectivity index (χ1) is 13.2. The maximum atomic E-state index is 12.2. The van der Waals surface area contributed by atoms with E-state index in [1.807, 2.05) is 55.5 Å². The van der Waals surface area contributed by atoms with Crippen LogP contribution in [0.1, 0.15) is 19.8 Å². The summed E-state index contributed by atoms with van der Waals surface area (Å²) in [5.74, 6) is 1.38. The van der Waals surface area contributed by atoms with E-state index in [0.29, 0.717) is 13.2 Å². The van der Waals surface area contributed by atoms with Crippen molar-refractivity contribution >= 4 is 17.3 Å². The van der Waals surface area contributed by atoms with E-state index in [2.05, 4.69) is 10.6 Å². The molecule has 1 unspecified atom stereocenters. The summed E-state index contributed by atoms with van der Waals surface area (Å²) >= 11 is 0. The monoisotopic (exact) mass is 370 g/mol. The molecule has 2 N–H and O–H groups in total. The molecule has 2 aromatic carbocycles. The van der Waals surface area contributed by atoms with Gasteiger partial charge < -0.3 is 24.8 Å². The summed E-state index contributed by atoms with van der Waals surface area (Å²) < 4.78 is 16.9. The van der Waals surface area contributed by atoms with Gasteiger partial charge in [-0.05, 0) is 56.2 Å². The lowest BCUT2D eigenvalue weighted by atomic mass is 10.2. The summed E-state index contributed by atoms with van der Waals surface area (Å²) in [6.07, 6.45) is 2.26. The average molecular weight is 370 g/mol. The van der Waals surface area contributed by atoms with Crippen molar-refractivity contribution in [1.29, 1.82) is 0 Å². The van der Waals surface area contributed by atoms with Crippen LogP contribution in [0.25, 0.3) is 0 Å². The normalized spacial score (nSPS) is 16.0. The fourth-order valence-electron chi connectivity index (χ4n) is 2.88. The van der Waals surface area contributed by atoms with Crippen LogP contribution in [0.3, 0.4) is 0 Å². The Balaban J connectivity index is 1.49. The molecular formula is C21H26N2O4. The van der Waals surface area contributed by atoms with Gasteiger partial charge in [0.2, 0.25) is 5.91 Å². The van der Waals surface area contributed by atoms with Gasteiger partial charge in [-0.25, -0.2) is 0 Å². The van der Waals surface area contributed by atoms with E-state index in [1.165, 1.54) is 0 Å². The van der Waals surface area contributed by atoms with Crippen molar-refractivity contribution in [2.24, 2.45) is 0 Å². The largest absolute Gasteiger partial charge is 0.494 e. The van der Waals surface area contributed by atoms with Crippen LogP contribution >= 0.6 is 0 Å². The van der Waals surface area contributed by atoms with E-state index in [4.69, 9.17) is 14.2 Å². The Morgan fingerprint density at radius 3 is 2.70 bits per heavy atom. The third-order valence-corrected chi connectivity index (χ3v) is 4.22. The minimum Gasteiger partial charge on any atom is -0.494 e. The third kappa shape index (κ3) is 5.89. The van der Waals surface area contributed by atoms with Crippen molar-refractivity contribution in [3.63, 3.8) is 0 Å². The highest BCUT2D eigenvalue weighted by Gasteiger charge is 2.16. The second-order valence-corrected chi connectivity index (χ2v) is 6.30. The van der Waals surface area contributed by atoms with Gasteiger partial charge >= 0.3 is 0 Å². The number of carbonyl (C=O) groups is 1. The molecule has 3 rings (SSSR count). The van der Waals surface area contributed by atoms with Crippen molar-refractivity contribution in [2.75, 3.05) is 37.0 Å². The van der Waals surface area contributed by atoms with Gasteiger partial charge in [0.15, 0.2) is 0 Å². The summed E-state index contributed by atoms with van der Waals surface area (Å²) in [5.41, 5.74) is 1.52. The topological polar surface area (TPSA) is 68.8 Å². The van der Waals surface area contributed by atoms with E-state index in [0.717, 1.165) is 42.3 Å². The molecule has 1 saturated heterocycles. The first-order valence-electron chi connectivity index (χ1n) is 9.34. The van der Waals surface area contributed by atoms with Crippen LogP contribution < -0.4 is 20.1 Å². The van der Waals surface area contributed by atoms with Crippen LogP contribution in [0.5, 0.6) is 11.5 Å². The van der Waals surface area contributed by atoms with Gasteiger partial charge in [-0.2, -0.15) is 0 Å². The summed E-state index contributed by atoms with van der Waals surface area (Å²) in [6.45, 7) is 4.03. The molecular weight excluding hydrogens is 344 g/mol. The molecule has 27 heavy (non-hydrogen) atoms. The van der Waals surface area contributed by atoms with Gasteiger partial charge in [0.25, 0.3) is 0 Å². The number of hydrogen-bond donors (Lipinski definition) is 2. The summed E-state index contributed by atoms with van der Waals surface area (Å²) in [7, 11) is 0. The molecule has 0 spiro atoms.